The van der Waals surface area contributed by atoms with Crippen LogP contribution in [0.15, 0.2) is 23.1 Å². The van der Waals surface area contributed by atoms with Gasteiger partial charge >= 0.3 is 0 Å². The lowest BCUT2D eigenvalue weighted by molar-refractivity contribution is 0.0805. The molecule has 0 unspecified atom stereocenters. The fraction of sp³-hybridized carbons (Fsp3) is 0.571. The van der Waals surface area contributed by atoms with E-state index in [4.69, 9.17) is 10.6 Å². The number of sulfonamides is 1. The summed E-state index contributed by atoms with van der Waals surface area (Å²) in [4.78, 5) is 4.89. The highest BCUT2D eigenvalue weighted by Gasteiger charge is 2.31. The molecule has 0 aliphatic carbocycles. The molecule has 2 N–H and O–H groups in total. The van der Waals surface area contributed by atoms with Gasteiger partial charge in [0.05, 0.1) is 13.7 Å². The van der Waals surface area contributed by atoms with Crippen molar-refractivity contribution in [2.45, 2.75) is 24.7 Å². The zero-order valence-corrected chi connectivity index (χ0v) is 13.2. The van der Waals surface area contributed by atoms with Gasteiger partial charge < -0.3 is 9.57 Å². The third-order valence-corrected chi connectivity index (χ3v) is 5.76. The molecule has 0 aromatic heterocycles. The Kier molecular flexibility index (Phi) is 5.21. The Labute approximate surface area is 125 Å². The van der Waals surface area contributed by atoms with Gasteiger partial charge in [-0.15, -0.1) is 0 Å². The Balaban J connectivity index is 2.21. The maximum absolute atomic E-state index is 12.8. The SMILES string of the molecule is COc1ccc(C)cc1S(=O)(=O)N1CCC(CON)CC1. The highest BCUT2D eigenvalue weighted by atomic mass is 32.2. The van der Waals surface area contributed by atoms with E-state index in [0.717, 1.165) is 18.4 Å². The fourth-order valence-corrected chi connectivity index (χ4v) is 4.29. The van der Waals surface area contributed by atoms with Crippen LogP contribution in [0.3, 0.4) is 0 Å². The van der Waals surface area contributed by atoms with Crippen LogP contribution < -0.4 is 10.6 Å². The Hall–Kier alpha value is -1.15. The van der Waals surface area contributed by atoms with Crippen molar-refractivity contribution < 1.29 is 18.0 Å². The first kappa shape index (κ1) is 16.2. The highest BCUT2D eigenvalue weighted by molar-refractivity contribution is 7.89. The van der Waals surface area contributed by atoms with Crippen LogP contribution in [0.1, 0.15) is 18.4 Å². The molecule has 1 aromatic carbocycles. The predicted octanol–water partition coefficient (Wildman–Crippen LogP) is 1.29. The van der Waals surface area contributed by atoms with Gasteiger partial charge in [-0.1, -0.05) is 6.07 Å². The molecule has 21 heavy (non-hydrogen) atoms. The van der Waals surface area contributed by atoms with Gasteiger partial charge in [0, 0.05) is 13.1 Å². The number of hydrogen-bond acceptors (Lipinski definition) is 5. The van der Waals surface area contributed by atoms with Gasteiger partial charge in [-0.05, 0) is 43.4 Å². The summed E-state index contributed by atoms with van der Waals surface area (Å²) in [6, 6.07) is 5.18. The second-order valence-corrected chi connectivity index (χ2v) is 7.24. The number of benzene rings is 1. The van der Waals surface area contributed by atoms with Crippen LogP contribution in [-0.4, -0.2) is 39.5 Å². The van der Waals surface area contributed by atoms with Crippen molar-refractivity contribution in [1.29, 1.82) is 0 Å². The molecule has 1 aliphatic heterocycles. The first-order valence-corrected chi connectivity index (χ1v) is 8.39. The van der Waals surface area contributed by atoms with E-state index in [0.29, 0.717) is 31.4 Å². The number of hydrogen-bond donors (Lipinski definition) is 1. The van der Waals surface area contributed by atoms with Crippen LogP contribution in [0.2, 0.25) is 0 Å². The molecule has 1 aliphatic rings. The Bertz CT molecular complexity index is 581. The van der Waals surface area contributed by atoms with Crippen LogP contribution in [-0.2, 0) is 14.9 Å². The van der Waals surface area contributed by atoms with Crippen molar-refractivity contribution in [3.63, 3.8) is 0 Å². The van der Waals surface area contributed by atoms with Crippen molar-refractivity contribution >= 4 is 10.0 Å². The second-order valence-electron chi connectivity index (χ2n) is 5.34. The van der Waals surface area contributed by atoms with Gasteiger partial charge in [0.25, 0.3) is 0 Å². The van der Waals surface area contributed by atoms with E-state index < -0.39 is 10.0 Å². The number of ether oxygens (including phenoxy) is 1. The smallest absolute Gasteiger partial charge is 0.246 e. The molecule has 0 amide bonds. The third-order valence-electron chi connectivity index (χ3n) is 3.84. The first-order valence-electron chi connectivity index (χ1n) is 6.95. The number of aryl methyl sites for hydroxylation is 1. The standard InChI is InChI=1S/C14H22N2O4S/c1-11-3-4-13(19-2)14(9-11)21(17,18)16-7-5-12(6-8-16)10-20-15/h3-4,9,12H,5-8,10,15H2,1-2H3. The molecule has 0 bridgehead atoms. The lowest BCUT2D eigenvalue weighted by Gasteiger charge is -2.31. The van der Waals surface area contributed by atoms with Crippen LogP contribution in [0, 0.1) is 12.8 Å². The summed E-state index contributed by atoms with van der Waals surface area (Å²) in [5, 5.41) is 0. The van der Waals surface area contributed by atoms with E-state index in [1.165, 1.54) is 11.4 Å². The van der Waals surface area contributed by atoms with E-state index in [2.05, 4.69) is 4.84 Å². The van der Waals surface area contributed by atoms with Crippen LogP contribution in [0.4, 0.5) is 0 Å². The summed E-state index contributed by atoms with van der Waals surface area (Å²) in [5.74, 6) is 5.78. The van der Waals surface area contributed by atoms with E-state index in [9.17, 15) is 8.42 Å². The van der Waals surface area contributed by atoms with Gasteiger partial charge in [-0.2, -0.15) is 4.31 Å². The predicted molar refractivity (Wildman–Crippen MR) is 79.4 cm³/mol. The van der Waals surface area contributed by atoms with Gasteiger partial charge in [0.2, 0.25) is 10.0 Å². The molecule has 2 rings (SSSR count). The number of methoxy groups -OCH3 is 1. The summed E-state index contributed by atoms with van der Waals surface area (Å²) in [6.07, 6.45) is 1.51. The summed E-state index contributed by atoms with van der Waals surface area (Å²) >= 11 is 0. The molecule has 1 heterocycles. The number of piperidine rings is 1. The van der Waals surface area contributed by atoms with Crippen LogP contribution >= 0.6 is 0 Å². The Morgan fingerprint density at radius 2 is 2.00 bits per heavy atom. The molecule has 7 heteroatoms. The normalized spacial score (nSPS) is 17.9. The maximum atomic E-state index is 12.8. The van der Waals surface area contributed by atoms with Crippen LogP contribution in [0.25, 0.3) is 0 Å². The molecule has 118 valence electrons. The molecule has 0 radical (unpaired) electrons. The fourth-order valence-electron chi connectivity index (χ4n) is 2.58. The molecule has 0 saturated carbocycles. The lowest BCUT2D eigenvalue weighted by Crippen LogP contribution is -2.39. The third kappa shape index (κ3) is 3.55. The van der Waals surface area contributed by atoms with Crippen molar-refractivity contribution in [3.05, 3.63) is 23.8 Å². The molecule has 0 spiro atoms. The monoisotopic (exact) mass is 314 g/mol. The van der Waals surface area contributed by atoms with Crippen molar-refractivity contribution in [1.82, 2.24) is 4.31 Å². The zero-order chi connectivity index (χ0) is 15.5. The van der Waals surface area contributed by atoms with Gasteiger partial charge in [0.1, 0.15) is 10.6 Å². The average molecular weight is 314 g/mol. The maximum Gasteiger partial charge on any atom is 0.246 e. The topological polar surface area (TPSA) is 81.9 Å². The highest BCUT2D eigenvalue weighted by Crippen LogP contribution is 2.30. The molecule has 0 atom stereocenters. The minimum absolute atomic E-state index is 0.235. The minimum Gasteiger partial charge on any atom is -0.495 e. The van der Waals surface area contributed by atoms with Crippen molar-refractivity contribution in [3.8, 4) is 5.75 Å². The molecular weight excluding hydrogens is 292 g/mol. The lowest BCUT2D eigenvalue weighted by atomic mass is 9.99. The van der Waals surface area contributed by atoms with E-state index in [-0.39, 0.29) is 4.90 Å². The molecule has 1 saturated heterocycles. The quantitative estimate of drug-likeness (QED) is 0.828. The summed E-state index contributed by atoms with van der Waals surface area (Å²) in [7, 11) is -2.05. The second kappa shape index (κ2) is 6.74. The number of nitrogens with two attached hydrogens (primary N) is 1. The molecular formula is C14H22N2O4S. The number of rotatable bonds is 5. The largest absolute Gasteiger partial charge is 0.495 e. The van der Waals surface area contributed by atoms with Gasteiger partial charge in [-0.25, -0.2) is 14.3 Å². The van der Waals surface area contributed by atoms with E-state index in [1.54, 1.807) is 12.1 Å². The zero-order valence-electron chi connectivity index (χ0n) is 12.4. The van der Waals surface area contributed by atoms with Crippen molar-refractivity contribution in [2.24, 2.45) is 11.8 Å². The Morgan fingerprint density at radius 1 is 1.33 bits per heavy atom. The minimum atomic E-state index is -3.53. The van der Waals surface area contributed by atoms with E-state index in [1.807, 2.05) is 13.0 Å². The Morgan fingerprint density at radius 3 is 2.57 bits per heavy atom. The van der Waals surface area contributed by atoms with Gasteiger partial charge in [0.15, 0.2) is 0 Å². The van der Waals surface area contributed by atoms with Crippen LogP contribution in [0.5, 0.6) is 5.75 Å². The number of nitrogens with zero attached hydrogens (tertiary/aromatic N) is 1. The summed E-state index contributed by atoms with van der Waals surface area (Å²) in [5.41, 5.74) is 0.890. The van der Waals surface area contributed by atoms with E-state index >= 15 is 0 Å². The first-order chi connectivity index (χ1) is 9.98. The van der Waals surface area contributed by atoms with Crippen molar-refractivity contribution in [2.75, 3.05) is 26.8 Å². The van der Waals surface area contributed by atoms with Gasteiger partial charge in [-0.3, -0.25) is 0 Å². The summed E-state index contributed by atoms with van der Waals surface area (Å²) in [6.45, 7) is 3.30. The average Bonchev–Trinajstić information content (AvgIpc) is 2.48. The molecule has 6 nitrogen and oxygen atoms in total. The molecule has 1 aromatic rings. The molecule has 1 fully saturated rings. The summed E-state index contributed by atoms with van der Waals surface area (Å²) < 4.78 is 32.3.